The number of aromatic nitrogens is 2. The Morgan fingerprint density at radius 3 is 2.68 bits per heavy atom. The lowest BCUT2D eigenvalue weighted by molar-refractivity contribution is 0.102. The number of halogens is 2. The lowest BCUT2D eigenvalue weighted by atomic mass is 10.2. The Balaban J connectivity index is 2.28. The summed E-state index contributed by atoms with van der Waals surface area (Å²) in [6, 6.07) is 2.84. The van der Waals surface area contributed by atoms with Gasteiger partial charge in [-0.1, -0.05) is 0 Å². The summed E-state index contributed by atoms with van der Waals surface area (Å²) in [4.78, 5) is 19.9. The molecule has 1 aromatic heterocycles. The van der Waals surface area contributed by atoms with Gasteiger partial charge < -0.3 is 5.32 Å². The van der Waals surface area contributed by atoms with Gasteiger partial charge in [0.1, 0.15) is 17.5 Å². The molecular formula is C13H11F2N3O. The van der Waals surface area contributed by atoms with Crippen LogP contribution in [-0.2, 0) is 0 Å². The van der Waals surface area contributed by atoms with E-state index < -0.39 is 17.5 Å². The quantitative estimate of drug-likeness (QED) is 0.906. The first-order valence-electron chi connectivity index (χ1n) is 5.54. The number of aryl methyl sites for hydroxylation is 2. The van der Waals surface area contributed by atoms with Gasteiger partial charge in [-0.2, -0.15) is 0 Å². The molecule has 1 N–H and O–H groups in total. The lowest BCUT2D eigenvalue weighted by Crippen LogP contribution is -2.16. The van der Waals surface area contributed by atoms with E-state index in [4.69, 9.17) is 0 Å². The number of carbonyl (C=O) groups excluding carboxylic acids is 1. The van der Waals surface area contributed by atoms with Gasteiger partial charge in [0.15, 0.2) is 0 Å². The van der Waals surface area contributed by atoms with E-state index in [9.17, 15) is 13.6 Å². The van der Waals surface area contributed by atoms with Gasteiger partial charge in [-0.3, -0.25) is 4.79 Å². The third-order valence-electron chi connectivity index (χ3n) is 2.52. The molecule has 98 valence electrons. The van der Waals surface area contributed by atoms with Crippen molar-refractivity contribution in [3.8, 4) is 0 Å². The number of benzene rings is 1. The van der Waals surface area contributed by atoms with Crippen LogP contribution in [0.15, 0.2) is 24.4 Å². The number of carbonyl (C=O) groups is 1. The summed E-state index contributed by atoms with van der Waals surface area (Å²) in [6.07, 6.45) is 1.35. The third kappa shape index (κ3) is 2.90. The number of hydrogen-bond acceptors (Lipinski definition) is 3. The topological polar surface area (TPSA) is 54.9 Å². The van der Waals surface area contributed by atoms with Gasteiger partial charge in [0.05, 0.1) is 16.9 Å². The average Bonchev–Trinajstić information content (AvgIpc) is 2.33. The Labute approximate surface area is 108 Å². The van der Waals surface area contributed by atoms with Crippen LogP contribution in [0.2, 0.25) is 0 Å². The van der Waals surface area contributed by atoms with Crippen molar-refractivity contribution in [2.75, 3.05) is 5.32 Å². The number of nitrogens with one attached hydrogen (secondary N) is 1. The SMILES string of the molecule is Cc1ncc(C(=O)Nc2cc(F)ccc2F)c(C)n1. The molecule has 0 saturated heterocycles. The monoisotopic (exact) mass is 263 g/mol. The number of hydrogen-bond donors (Lipinski definition) is 1. The van der Waals surface area contributed by atoms with Gasteiger partial charge in [0.2, 0.25) is 0 Å². The zero-order chi connectivity index (χ0) is 14.0. The number of nitrogens with zero attached hydrogens (tertiary/aromatic N) is 2. The van der Waals surface area contributed by atoms with Crippen molar-refractivity contribution < 1.29 is 13.6 Å². The van der Waals surface area contributed by atoms with E-state index in [0.717, 1.165) is 18.2 Å². The van der Waals surface area contributed by atoms with Gasteiger partial charge in [0, 0.05) is 12.3 Å². The molecule has 0 spiro atoms. The van der Waals surface area contributed by atoms with Crippen LogP contribution in [0, 0.1) is 25.5 Å². The molecule has 1 heterocycles. The van der Waals surface area contributed by atoms with E-state index in [1.165, 1.54) is 6.20 Å². The lowest BCUT2D eigenvalue weighted by Gasteiger charge is -2.08. The van der Waals surface area contributed by atoms with Crippen LogP contribution in [0.5, 0.6) is 0 Å². The minimum atomic E-state index is -0.708. The Hall–Kier alpha value is -2.37. The van der Waals surface area contributed by atoms with Gasteiger partial charge in [-0.15, -0.1) is 0 Å². The maximum atomic E-state index is 13.4. The van der Waals surface area contributed by atoms with Crippen LogP contribution in [0.3, 0.4) is 0 Å². The van der Waals surface area contributed by atoms with Crippen molar-refractivity contribution in [3.05, 3.63) is 53.1 Å². The molecule has 1 aromatic carbocycles. The Morgan fingerprint density at radius 1 is 1.26 bits per heavy atom. The fraction of sp³-hybridized carbons (Fsp3) is 0.154. The van der Waals surface area contributed by atoms with Gasteiger partial charge >= 0.3 is 0 Å². The molecule has 0 radical (unpaired) electrons. The standard InChI is InChI=1S/C13H11F2N3O/c1-7-10(6-16-8(2)17-7)13(19)18-12-5-9(14)3-4-11(12)15/h3-6H,1-2H3,(H,18,19). The normalized spacial score (nSPS) is 10.3. The van der Waals surface area contributed by atoms with Crippen molar-refractivity contribution in [1.29, 1.82) is 0 Å². The molecule has 6 heteroatoms. The highest BCUT2D eigenvalue weighted by Crippen LogP contribution is 2.16. The highest BCUT2D eigenvalue weighted by molar-refractivity contribution is 6.04. The second-order valence-electron chi connectivity index (χ2n) is 3.99. The minimum absolute atomic E-state index is 0.217. The van der Waals surface area contributed by atoms with E-state index in [1.807, 2.05) is 0 Å². The molecule has 19 heavy (non-hydrogen) atoms. The molecule has 4 nitrogen and oxygen atoms in total. The van der Waals surface area contributed by atoms with Crippen molar-refractivity contribution >= 4 is 11.6 Å². The molecule has 0 bridgehead atoms. The summed E-state index contributed by atoms with van der Waals surface area (Å²) in [6.45, 7) is 3.34. The molecule has 0 unspecified atom stereocenters. The highest BCUT2D eigenvalue weighted by Gasteiger charge is 2.13. The average molecular weight is 263 g/mol. The summed E-state index contributed by atoms with van der Waals surface area (Å²) < 4.78 is 26.4. The summed E-state index contributed by atoms with van der Waals surface area (Å²) in [5, 5.41) is 2.29. The zero-order valence-corrected chi connectivity index (χ0v) is 10.4. The van der Waals surface area contributed by atoms with Crippen molar-refractivity contribution in [2.24, 2.45) is 0 Å². The number of anilines is 1. The number of rotatable bonds is 2. The smallest absolute Gasteiger partial charge is 0.259 e. The predicted molar refractivity (Wildman–Crippen MR) is 65.8 cm³/mol. The van der Waals surface area contributed by atoms with Crippen molar-refractivity contribution in [1.82, 2.24) is 9.97 Å². The maximum Gasteiger partial charge on any atom is 0.259 e. The number of amides is 1. The second-order valence-corrected chi connectivity index (χ2v) is 3.99. The van der Waals surface area contributed by atoms with Crippen LogP contribution in [0.25, 0.3) is 0 Å². The van der Waals surface area contributed by atoms with E-state index in [-0.39, 0.29) is 11.3 Å². The van der Waals surface area contributed by atoms with Crippen LogP contribution in [0.1, 0.15) is 21.9 Å². The molecule has 2 aromatic rings. The Bertz CT molecular complexity index is 644. The molecule has 0 saturated carbocycles. The van der Waals surface area contributed by atoms with Crippen LogP contribution in [0.4, 0.5) is 14.5 Å². The van der Waals surface area contributed by atoms with E-state index in [1.54, 1.807) is 13.8 Å². The maximum absolute atomic E-state index is 13.4. The second kappa shape index (κ2) is 5.09. The zero-order valence-electron chi connectivity index (χ0n) is 10.4. The van der Waals surface area contributed by atoms with Crippen LogP contribution in [-0.4, -0.2) is 15.9 Å². The molecule has 0 fully saturated rings. The molecule has 0 aliphatic carbocycles. The van der Waals surface area contributed by atoms with E-state index in [0.29, 0.717) is 11.5 Å². The molecule has 0 aliphatic heterocycles. The van der Waals surface area contributed by atoms with Crippen LogP contribution >= 0.6 is 0 Å². The van der Waals surface area contributed by atoms with Crippen LogP contribution < -0.4 is 5.32 Å². The summed E-state index contributed by atoms with van der Waals surface area (Å²) in [5.74, 6) is -1.39. The Morgan fingerprint density at radius 2 is 2.00 bits per heavy atom. The molecule has 0 atom stereocenters. The fourth-order valence-corrected chi connectivity index (χ4v) is 1.59. The van der Waals surface area contributed by atoms with Crippen molar-refractivity contribution in [3.63, 3.8) is 0 Å². The largest absolute Gasteiger partial charge is 0.319 e. The minimum Gasteiger partial charge on any atom is -0.319 e. The van der Waals surface area contributed by atoms with Gasteiger partial charge in [-0.25, -0.2) is 18.7 Å². The molecule has 2 rings (SSSR count). The summed E-state index contributed by atoms with van der Waals surface area (Å²) in [5.41, 5.74) is 0.473. The van der Waals surface area contributed by atoms with E-state index in [2.05, 4.69) is 15.3 Å². The first kappa shape index (κ1) is 13.1. The van der Waals surface area contributed by atoms with Gasteiger partial charge in [0.25, 0.3) is 5.91 Å². The fourth-order valence-electron chi connectivity index (χ4n) is 1.59. The third-order valence-corrected chi connectivity index (χ3v) is 2.52. The first-order chi connectivity index (χ1) is 8.97. The molecular weight excluding hydrogens is 252 g/mol. The first-order valence-corrected chi connectivity index (χ1v) is 5.54. The highest BCUT2D eigenvalue weighted by atomic mass is 19.1. The summed E-state index contributed by atoms with van der Waals surface area (Å²) in [7, 11) is 0. The van der Waals surface area contributed by atoms with Gasteiger partial charge in [-0.05, 0) is 26.0 Å². The molecule has 1 amide bonds. The Kier molecular flexibility index (Phi) is 3.50. The summed E-state index contributed by atoms with van der Waals surface area (Å²) >= 11 is 0. The van der Waals surface area contributed by atoms with Crippen molar-refractivity contribution in [2.45, 2.75) is 13.8 Å². The van der Waals surface area contributed by atoms with E-state index >= 15 is 0 Å². The molecule has 0 aliphatic rings. The predicted octanol–water partition coefficient (Wildman–Crippen LogP) is 2.62.